The molecule has 1 aliphatic heterocycles. The van der Waals surface area contributed by atoms with Gasteiger partial charge in [0.05, 0.1) is 23.1 Å². The maximum Gasteiger partial charge on any atom is 0.0875 e. The van der Waals surface area contributed by atoms with Crippen LogP contribution in [0.4, 0.5) is 11.4 Å². The highest BCUT2D eigenvalue weighted by molar-refractivity contribution is 7.78. The van der Waals surface area contributed by atoms with Gasteiger partial charge in [-0.2, -0.15) is 5.53 Å². The third kappa shape index (κ3) is 6.06. The Bertz CT molecular complexity index is 810. The standard InChI is InChI=1S/C20H25N5.CH3NS/c1-15(2)17-7-11-20(12-8-17)25-14-18(21-22-23-25)13-16-5-9-19(10-6-16)24(3)4;2-1-3/h5-12,14-15H,13H2,1-4H3,(H,21,23);1H,(H2,2,3). The minimum absolute atomic E-state index is 0.527. The van der Waals surface area contributed by atoms with Crippen LogP contribution in [0.3, 0.4) is 0 Å². The predicted octanol–water partition coefficient (Wildman–Crippen LogP) is 4.55. The van der Waals surface area contributed by atoms with E-state index in [0.29, 0.717) is 5.92 Å². The summed E-state index contributed by atoms with van der Waals surface area (Å²) >= 11 is 4.05. The van der Waals surface area contributed by atoms with Crippen molar-refractivity contribution in [3.63, 3.8) is 0 Å². The van der Waals surface area contributed by atoms with Gasteiger partial charge in [-0.05, 0) is 41.3 Å². The van der Waals surface area contributed by atoms with E-state index in [1.807, 2.05) is 25.3 Å². The second-order valence-corrected chi connectivity index (χ2v) is 7.18. The Morgan fingerprint density at radius 2 is 1.71 bits per heavy atom. The van der Waals surface area contributed by atoms with Gasteiger partial charge in [0.15, 0.2) is 0 Å². The minimum atomic E-state index is 0.527. The molecule has 0 aliphatic carbocycles. The third-order valence-corrected chi connectivity index (χ3v) is 4.28. The molecule has 0 radical (unpaired) electrons. The molecule has 3 N–H and O–H groups in total. The average molecular weight is 397 g/mol. The van der Waals surface area contributed by atoms with Crippen LogP contribution in [0, 0.1) is 0 Å². The molecule has 0 spiro atoms. The Kier molecular flexibility index (Phi) is 7.95. The highest BCUT2D eigenvalue weighted by Crippen LogP contribution is 2.22. The van der Waals surface area contributed by atoms with Gasteiger partial charge in [-0.15, -0.1) is 5.11 Å². The van der Waals surface area contributed by atoms with Gasteiger partial charge < -0.3 is 10.6 Å². The van der Waals surface area contributed by atoms with E-state index < -0.39 is 0 Å². The van der Waals surface area contributed by atoms with Crippen molar-refractivity contribution in [2.45, 2.75) is 26.2 Å². The van der Waals surface area contributed by atoms with E-state index in [0.717, 1.165) is 23.3 Å². The summed E-state index contributed by atoms with van der Waals surface area (Å²) in [5.74, 6) is 0.527. The number of benzene rings is 2. The molecule has 0 saturated carbocycles. The Morgan fingerprint density at radius 1 is 1.11 bits per heavy atom. The first kappa shape index (κ1) is 21.4. The van der Waals surface area contributed by atoms with E-state index in [-0.39, 0.29) is 0 Å². The molecule has 1 heterocycles. The SMILES string of the molecule is CC(C)c1ccc(N2C=C(Cc3ccc(N(C)C)cc3)N=NN2)cc1.NC=S. The summed E-state index contributed by atoms with van der Waals surface area (Å²) in [6.45, 7) is 4.39. The molecular weight excluding hydrogens is 368 g/mol. The van der Waals surface area contributed by atoms with Gasteiger partial charge in [0, 0.05) is 26.2 Å². The summed E-state index contributed by atoms with van der Waals surface area (Å²) in [5.41, 5.74) is 14.3. The molecule has 0 saturated heterocycles. The lowest BCUT2D eigenvalue weighted by Gasteiger charge is -2.23. The number of hydrazine groups is 1. The quantitative estimate of drug-likeness (QED) is 0.726. The van der Waals surface area contributed by atoms with Crippen molar-refractivity contribution in [2.75, 3.05) is 24.0 Å². The zero-order valence-corrected chi connectivity index (χ0v) is 17.6. The molecule has 0 atom stereocenters. The topological polar surface area (TPSA) is 69.2 Å². The van der Waals surface area contributed by atoms with Gasteiger partial charge in [-0.1, -0.05) is 55.6 Å². The highest BCUT2D eigenvalue weighted by Gasteiger charge is 2.11. The molecule has 3 rings (SSSR count). The fourth-order valence-electron chi connectivity index (χ4n) is 2.69. The van der Waals surface area contributed by atoms with E-state index >= 15 is 0 Å². The molecule has 7 heteroatoms. The summed E-state index contributed by atoms with van der Waals surface area (Å²) in [4.78, 5) is 2.09. The molecule has 0 unspecified atom stereocenters. The number of nitrogens with zero attached hydrogens (tertiary/aromatic N) is 4. The lowest BCUT2D eigenvalue weighted by atomic mass is 10.0. The van der Waals surface area contributed by atoms with Gasteiger partial charge in [-0.25, -0.2) is 5.01 Å². The van der Waals surface area contributed by atoms with Gasteiger partial charge in [0.25, 0.3) is 0 Å². The summed E-state index contributed by atoms with van der Waals surface area (Å²) in [7, 11) is 4.09. The van der Waals surface area contributed by atoms with E-state index in [4.69, 9.17) is 0 Å². The van der Waals surface area contributed by atoms with Crippen LogP contribution >= 0.6 is 12.2 Å². The number of anilines is 2. The molecular formula is C21H28N6S. The van der Waals surface area contributed by atoms with Crippen molar-refractivity contribution in [2.24, 2.45) is 16.1 Å². The first-order valence-corrected chi connectivity index (χ1v) is 9.59. The number of thiocarbonyl (C=S) groups is 1. The van der Waals surface area contributed by atoms with Crippen LogP contribution in [0.2, 0.25) is 0 Å². The first-order chi connectivity index (χ1) is 13.4. The van der Waals surface area contributed by atoms with Gasteiger partial charge >= 0.3 is 0 Å². The van der Waals surface area contributed by atoms with Crippen LogP contribution in [-0.2, 0) is 6.42 Å². The van der Waals surface area contributed by atoms with Crippen LogP contribution in [-0.4, -0.2) is 19.6 Å². The number of rotatable bonds is 5. The molecule has 2 aromatic rings. The van der Waals surface area contributed by atoms with Crippen LogP contribution in [0.15, 0.2) is 70.8 Å². The lowest BCUT2D eigenvalue weighted by molar-refractivity contribution is 0.660. The molecule has 2 aromatic carbocycles. The van der Waals surface area contributed by atoms with Gasteiger partial charge in [0.1, 0.15) is 0 Å². The smallest absolute Gasteiger partial charge is 0.0875 e. The highest BCUT2D eigenvalue weighted by atomic mass is 32.1. The number of hydrogen-bond donors (Lipinski definition) is 2. The fraction of sp³-hybridized carbons (Fsp3) is 0.286. The van der Waals surface area contributed by atoms with Crippen LogP contribution in [0.25, 0.3) is 0 Å². The summed E-state index contributed by atoms with van der Waals surface area (Å²) in [6, 6.07) is 17.0. The normalized spacial score (nSPS) is 12.6. The van der Waals surface area contributed by atoms with Crippen LogP contribution in [0.1, 0.15) is 30.9 Å². The van der Waals surface area contributed by atoms with E-state index in [1.165, 1.54) is 16.8 Å². The zero-order valence-electron chi connectivity index (χ0n) is 16.8. The minimum Gasteiger partial charge on any atom is -0.396 e. The van der Waals surface area contributed by atoms with E-state index in [2.05, 4.69) is 101 Å². The number of nitrogens with one attached hydrogen (secondary N) is 1. The summed E-state index contributed by atoms with van der Waals surface area (Å²) < 4.78 is 0. The number of nitrogens with two attached hydrogens (primary N) is 1. The summed E-state index contributed by atoms with van der Waals surface area (Å²) in [6.07, 6.45) is 2.75. The van der Waals surface area contributed by atoms with Crippen molar-refractivity contribution in [1.82, 2.24) is 5.53 Å². The molecule has 28 heavy (non-hydrogen) atoms. The fourth-order valence-corrected chi connectivity index (χ4v) is 2.69. The molecule has 1 aliphatic rings. The van der Waals surface area contributed by atoms with E-state index in [1.54, 1.807) is 0 Å². The van der Waals surface area contributed by atoms with Crippen molar-refractivity contribution in [1.29, 1.82) is 0 Å². The van der Waals surface area contributed by atoms with Crippen molar-refractivity contribution in [3.05, 3.63) is 71.6 Å². The second kappa shape index (κ2) is 10.4. The summed E-state index contributed by atoms with van der Waals surface area (Å²) in [5, 5.41) is 10.2. The predicted molar refractivity (Wildman–Crippen MR) is 121 cm³/mol. The van der Waals surface area contributed by atoms with Crippen molar-refractivity contribution in [3.8, 4) is 0 Å². The largest absolute Gasteiger partial charge is 0.396 e. The third-order valence-electron chi connectivity index (χ3n) is 4.28. The molecule has 0 aromatic heterocycles. The molecule has 6 nitrogen and oxygen atoms in total. The Morgan fingerprint density at radius 3 is 2.25 bits per heavy atom. The maximum atomic E-state index is 4.54. The number of allylic oxidation sites excluding steroid dienone is 1. The Hall–Kier alpha value is -2.93. The average Bonchev–Trinajstić information content (AvgIpc) is 2.69. The Balaban J connectivity index is 0.000000878. The number of hydrogen-bond acceptors (Lipinski definition) is 6. The monoisotopic (exact) mass is 396 g/mol. The maximum absolute atomic E-state index is 4.54. The first-order valence-electron chi connectivity index (χ1n) is 9.12. The van der Waals surface area contributed by atoms with Gasteiger partial charge in [0.2, 0.25) is 0 Å². The second-order valence-electron chi connectivity index (χ2n) is 6.91. The van der Waals surface area contributed by atoms with Gasteiger partial charge in [-0.3, -0.25) is 0 Å². The molecule has 0 amide bonds. The Labute approximate surface area is 172 Å². The van der Waals surface area contributed by atoms with Crippen molar-refractivity contribution < 1.29 is 0 Å². The van der Waals surface area contributed by atoms with Crippen molar-refractivity contribution >= 4 is 29.1 Å². The van der Waals surface area contributed by atoms with E-state index in [9.17, 15) is 0 Å². The molecule has 0 bridgehead atoms. The molecule has 148 valence electrons. The zero-order chi connectivity index (χ0) is 20.5. The lowest BCUT2D eigenvalue weighted by Crippen LogP contribution is -2.31. The van der Waals surface area contributed by atoms with Crippen LogP contribution in [0.5, 0.6) is 0 Å². The molecule has 0 fully saturated rings. The van der Waals surface area contributed by atoms with Crippen LogP contribution < -0.4 is 21.2 Å².